The molecule has 8 nitrogen and oxygen atoms in total. The van der Waals surface area contributed by atoms with E-state index in [1.807, 2.05) is 0 Å². The number of rotatable bonds is 4. The van der Waals surface area contributed by atoms with Gasteiger partial charge in [0.2, 0.25) is 5.88 Å². The van der Waals surface area contributed by atoms with Crippen molar-refractivity contribution in [3.8, 4) is 5.88 Å². The molecule has 3 heterocycles. The number of aliphatic imine (C=N–C) groups is 1. The van der Waals surface area contributed by atoms with Gasteiger partial charge < -0.3 is 10.1 Å². The number of hydrogen-bond donors (Lipinski definition) is 1. The van der Waals surface area contributed by atoms with Crippen LogP contribution in [0.3, 0.4) is 0 Å². The maximum absolute atomic E-state index is 14.0. The van der Waals surface area contributed by atoms with Crippen LogP contribution < -0.4 is 10.1 Å². The van der Waals surface area contributed by atoms with Crippen LogP contribution in [0.15, 0.2) is 59.4 Å². The lowest BCUT2D eigenvalue weighted by Crippen LogP contribution is -2.25. The van der Waals surface area contributed by atoms with Crippen LogP contribution in [-0.4, -0.2) is 39.9 Å². The minimum atomic E-state index is -4.90. The number of anilines is 1. The summed E-state index contributed by atoms with van der Waals surface area (Å²) in [5.41, 5.74) is -1.39. The number of carbonyl (C=O) groups excluding carboxylic acids is 2. The van der Waals surface area contributed by atoms with E-state index in [2.05, 4.69) is 20.4 Å². The summed E-state index contributed by atoms with van der Waals surface area (Å²) in [6.07, 6.45) is 4.35. The van der Waals surface area contributed by atoms with E-state index in [1.54, 1.807) is 0 Å². The molecule has 2 aromatic heterocycles. The number of fused-ring (bicyclic) bond motifs is 1. The third-order valence-electron chi connectivity index (χ3n) is 4.62. The number of aromatic nitrogens is 3. The van der Waals surface area contributed by atoms with Gasteiger partial charge in [0.25, 0.3) is 11.8 Å². The average Bonchev–Trinajstić information content (AvgIpc) is 3.20. The Labute approximate surface area is 173 Å². The maximum atomic E-state index is 14.0. The van der Waals surface area contributed by atoms with E-state index in [1.165, 1.54) is 56.0 Å². The molecule has 0 aromatic carbocycles. The van der Waals surface area contributed by atoms with Crippen LogP contribution in [0.25, 0.3) is 5.70 Å². The Balaban J connectivity index is 1.75. The zero-order valence-corrected chi connectivity index (χ0v) is 15.9. The van der Waals surface area contributed by atoms with Gasteiger partial charge in [-0.1, -0.05) is 12.2 Å². The number of methoxy groups -OCH3 is 1. The van der Waals surface area contributed by atoms with Crippen molar-refractivity contribution >= 4 is 29.4 Å². The molecule has 2 aromatic rings. The topological polar surface area (TPSA) is 98.5 Å². The molecule has 4 rings (SSSR count). The highest BCUT2D eigenvalue weighted by molar-refractivity contribution is 6.06. The lowest BCUT2D eigenvalue weighted by atomic mass is 9.89. The van der Waals surface area contributed by atoms with Crippen molar-refractivity contribution in [3.05, 3.63) is 65.7 Å². The second kappa shape index (κ2) is 7.67. The standard InChI is InChI=1S/C20H14F3N5O3/c1-31-16-9-11(5-7-24-16)27-19(30)14-10-26-28(17(14)20(21,22)23)15-4-2-3-13-12(15)6-8-25-18(13)29/h2-10,13H,1H3,(H,24,27,30). The molecule has 1 N–H and O–H groups in total. The number of nitrogens with zero attached hydrogens (tertiary/aromatic N) is 4. The molecule has 2 aliphatic rings. The monoisotopic (exact) mass is 429 g/mol. The first-order valence-electron chi connectivity index (χ1n) is 8.93. The zero-order chi connectivity index (χ0) is 22.2. The van der Waals surface area contributed by atoms with Gasteiger partial charge in [-0.25, -0.2) is 14.7 Å². The molecule has 11 heteroatoms. The van der Waals surface area contributed by atoms with Gasteiger partial charge in [0.1, 0.15) is 0 Å². The van der Waals surface area contributed by atoms with Gasteiger partial charge in [-0.15, -0.1) is 0 Å². The van der Waals surface area contributed by atoms with E-state index < -0.39 is 35.2 Å². The van der Waals surface area contributed by atoms with Crippen LogP contribution in [0.1, 0.15) is 16.1 Å². The summed E-state index contributed by atoms with van der Waals surface area (Å²) in [6, 6.07) is 2.78. The van der Waals surface area contributed by atoms with Crippen molar-refractivity contribution in [1.29, 1.82) is 0 Å². The summed E-state index contributed by atoms with van der Waals surface area (Å²) in [4.78, 5) is 32.2. The fourth-order valence-corrected chi connectivity index (χ4v) is 3.25. The number of halogens is 3. The fourth-order valence-electron chi connectivity index (χ4n) is 3.25. The van der Waals surface area contributed by atoms with Crippen molar-refractivity contribution in [3.63, 3.8) is 0 Å². The van der Waals surface area contributed by atoms with E-state index in [0.717, 1.165) is 6.20 Å². The number of alkyl halides is 3. The third kappa shape index (κ3) is 3.77. The first kappa shape index (κ1) is 20.3. The first-order chi connectivity index (χ1) is 14.8. The Morgan fingerprint density at radius 2 is 2.10 bits per heavy atom. The van der Waals surface area contributed by atoms with Crippen molar-refractivity contribution < 1.29 is 27.5 Å². The highest BCUT2D eigenvalue weighted by atomic mass is 19.4. The molecule has 1 aliphatic carbocycles. The molecule has 158 valence electrons. The van der Waals surface area contributed by atoms with E-state index in [9.17, 15) is 22.8 Å². The Morgan fingerprint density at radius 3 is 2.84 bits per heavy atom. The van der Waals surface area contributed by atoms with Crippen LogP contribution in [0, 0.1) is 5.92 Å². The quantitative estimate of drug-likeness (QED) is 0.805. The molecular formula is C20H14F3N5O3. The molecule has 0 radical (unpaired) electrons. The van der Waals surface area contributed by atoms with E-state index in [-0.39, 0.29) is 17.3 Å². The van der Waals surface area contributed by atoms with Crippen molar-refractivity contribution in [2.45, 2.75) is 6.18 Å². The minimum Gasteiger partial charge on any atom is -0.481 e. The number of allylic oxidation sites excluding steroid dienone is 4. The van der Waals surface area contributed by atoms with E-state index in [0.29, 0.717) is 10.3 Å². The Hall–Kier alpha value is -4.02. The molecule has 2 amide bonds. The number of hydrogen-bond acceptors (Lipinski definition) is 5. The second-order valence-electron chi connectivity index (χ2n) is 6.51. The summed E-state index contributed by atoms with van der Waals surface area (Å²) in [5.74, 6) is -2.13. The molecule has 0 spiro atoms. The molecule has 1 atom stereocenters. The summed E-state index contributed by atoms with van der Waals surface area (Å²) < 4.78 is 47.5. The molecule has 0 bridgehead atoms. The van der Waals surface area contributed by atoms with Gasteiger partial charge in [-0.2, -0.15) is 18.3 Å². The van der Waals surface area contributed by atoms with Gasteiger partial charge >= 0.3 is 6.18 Å². The molecule has 0 fully saturated rings. The molecule has 1 aliphatic heterocycles. The number of dihydropyridines is 1. The van der Waals surface area contributed by atoms with Gasteiger partial charge in [-0.3, -0.25) is 9.59 Å². The SMILES string of the molecule is COc1cc(NC(=O)c2cnn(C3=CC=CC4C(=O)N=CC=C34)c2C(F)(F)F)ccn1. The Morgan fingerprint density at radius 1 is 1.29 bits per heavy atom. The number of amides is 2. The largest absolute Gasteiger partial charge is 0.481 e. The lowest BCUT2D eigenvalue weighted by molar-refractivity contribution is -0.143. The van der Waals surface area contributed by atoms with Gasteiger partial charge in [0, 0.05) is 24.2 Å². The average molecular weight is 429 g/mol. The third-order valence-corrected chi connectivity index (χ3v) is 4.62. The van der Waals surface area contributed by atoms with Crippen LogP contribution in [0.2, 0.25) is 0 Å². The smallest absolute Gasteiger partial charge is 0.434 e. The Bertz CT molecular complexity index is 1190. The number of ether oxygens (including phenoxy) is 1. The molecule has 31 heavy (non-hydrogen) atoms. The van der Waals surface area contributed by atoms with Crippen LogP contribution in [0.4, 0.5) is 18.9 Å². The van der Waals surface area contributed by atoms with Gasteiger partial charge in [0.15, 0.2) is 5.69 Å². The summed E-state index contributed by atoms with van der Waals surface area (Å²) in [6.45, 7) is 0. The van der Waals surface area contributed by atoms with Crippen molar-refractivity contribution in [2.24, 2.45) is 10.9 Å². The predicted molar refractivity (Wildman–Crippen MR) is 104 cm³/mol. The molecule has 1 unspecified atom stereocenters. The number of carbonyl (C=O) groups is 2. The molecule has 0 saturated carbocycles. The zero-order valence-electron chi connectivity index (χ0n) is 15.9. The highest BCUT2D eigenvalue weighted by Gasteiger charge is 2.42. The minimum absolute atomic E-state index is 0.0314. The van der Waals surface area contributed by atoms with E-state index in [4.69, 9.17) is 4.74 Å². The van der Waals surface area contributed by atoms with Crippen LogP contribution in [0.5, 0.6) is 5.88 Å². The highest BCUT2D eigenvalue weighted by Crippen LogP contribution is 2.38. The first-order valence-corrected chi connectivity index (χ1v) is 8.93. The predicted octanol–water partition coefficient (Wildman–Crippen LogP) is 3.12. The summed E-state index contributed by atoms with van der Waals surface area (Å²) in [5, 5.41) is 6.21. The second-order valence-corrected chi connectivity index (χ2v) is 6.51. The number of pyridine rings is 1. The summed E-state index contributed by atoms with van der Waals surface area (Å²) >= 11 is 0. The molecule has 0 saturated heterocycles. The van der Waals surface area contributed by atoms with Crippen molar-refractivity contribution in [2.75, 3.05) is 12.4 Å². The summed E-state index contributed by atoms with van der Waals surface area (Å²) in [7, 11) is 1.37. The van der Waals surface area contributed by atoms with E-state index >= 15 is 0 Å². The number of nitrogens with one attached hydrogen (secondary N) is 1. The lowest BCUT2D eigenvalue weighted by Gasteiger charge is -2.23. The molecular weight excluding hydrogens is 415 g/mol. The van der Waals surface area contributed by atoms with Gasteiger partial charge in [0.05, 0.1) is 30.5 Å². The van der Waals surface area contributed by atoms with Crippen LogP contribution in [-0.2, 0) is 11.0 Å². The Kier molecular flexibility index (Phi) is 5.01. The van der Waals surface area contributed by atoms with Crippen LogP contribution >= 0.6 is 0 Å². The fraction of sp³-hybridized carbons (Fsp3) is 0.150. The normalized spacial score (nSPS) is 17.7. The van der Waals surface area contributed by atoms with Crippen molar-refractivity contribution in [1.82, 2.24) is 14.8 Å². The maximum Gasteiger partial charge on any atom is 0.434 e. The van der Waals surface area contributed by atoms with Gasteiger partial charge in [-0.05, 0) is 23.8 Å².